The van der Waals surface area contributed by atoms with E-state index in [2.05, 4.69) is 15.0 Å². The minimum Gasteiger partial charge on any atom is -0.469 e. The van der Waals surface area contributed by atoms with Crippen molar-refractivity contribution in [2.45, 2.75) is 46.6 Å². The minimum atomic E-state index is -0.709. The van der Waals surface area contributed by atoms with Gasteiger partial charge in [0, 0.05) is 29.6 Å². The van der Waals surface area contributed by atoms with E-state index < -0.39 is 12.1 Å². The maximum Gasteiger partial charge on any atom is 0.355 e. The molecule has 28 heavy (non-hydrogen) atoms. The van der Waals surface area contributed by atoms with Crippen LogP contribution in [-0.2, 0) is 25.5 Å². The fraction of sp³-hybridized carbons (Fsp3) is 0.550. The Balaban J connectivity index is 2.45. The number of ether oxygens (including phenoxy) is 2. The minimum absolute atomic E-state index is 0.127. The Bertz CT molecular complexity index is 793. The summed E-state index contributed by atoms with van der Waals surface area (Å²) in [5.74, 6) is -1.75. The molecular weight excluding hydrogens is 364 g/mol. The van der Waals surface area contributed by atoms with Gasteiger partial charge in [0.2, 0.25) is 5.91 Å². The number of aliphatic hydroxyl groups is 1. The van der Waals surface area contributed by atoms with Crippen molar-refractivity contribution in [2.24, 2.45) is 11.8 Å². The second-order valence-corrected chi connectivity index (χ2v) is 6.96. The normalized spacial score (nSPS) is 21.5. The van der Waals surface area contributed by atoms with E-state index in [0.29, 0.717) is 23.4 Å². The second kappa shape index (κ2) is 9.05. The molecule has 2 rings (SSSR count). The molecule has 1 saturated heterocycles. The van der Waals surface area contributed by atoms with Crippen LogP contribution in [0.15, 0.2) is 5.70 Å². The van der Waals surface area contributed by atoms with Gasteiger partial charge >= 0.3 is 11.9 Å². The molecule has 0 radical (unpaired) electrons. The average Bonchev–Trinajstić information content (AvgIpc) is 3.10. The van der Waals surface area contributed by atoms with E-state index in [1.807, 2.05) is 6.92 Å². The fourth-order valence-corrected chi connectivity index (χ4v) is 3.55. The quantitative estimate of drug-likeness (QED) is 0.608. The van der Waals surface area contributed by atoms with Crippen LogP contribution in [0.2, 0.25) is 0 Å². The molecule has 3 N–H and O–H groups in total. The van der Waals surface area contributed by atoms with Crippen LogP contribution in [0.4, 0.5) is 0 Å². The zero-order valence-corrected chi connectivity index (χ0v) is 16.9. The summed E-state index contributed by atoms with van der Waals surface area (Å²) in [6.45, 7) is 7.17. The van der Waals surface area contributed by atoms with Crippen LogP contribution in [0.3, 0.4) is 0 Å². The molecule has 1 unspecified atom stereocenters. The van der Waals surface area contributed by atoms with Crippen LogP contribution in [0.5, 0.6) is 0 Å². The molecule has 1 aromatic heterocycles. The van der Waals surface area contributed by atoms with E-state index in [0.717, 1.165) is 5.56 Å². The molecule has 8 nitrogen and oxygen atoms in total. The number of rotatable bonds is 7. The Labute approximate surface area is 164 Å². The third-order valence-electron chi connectivity index (χ3n) is 5.10. The van der Waals surface area contributed by atoms with E-state index in [9.17, 15) is 19.5 Å². The molecule has 0 aliphatic carbocycles. The van der Waals surface area contributed by atoms with Gasteiger partial charge in [0.1, 0.15) is 5.69 Å². The van der Waals surface area contributed by atoms with Crippen LogP contribution in [0, 0.1) is 18.8 Å². The van der Waals surface area contributed by atoms with Crippen molar-refractivity contribution < 1.29 is 29.0 Å². The molecule has 0 saturated carbocycles. The van der Waals surface area contributed by atoms with Gasteiger partial charge < -0.3 is 24.9 Å². The van der Waals surface area contributed by atoms with Crippen molar-refractivity contribution in [3.63, 3.8) is 0 Å². The third-order valence-corrected chi connectivity index (χ3v) is 5.10. The molecule has 1 fully saturated rings. The van der Waals surface area contributed by atoms with Gasteiger partial charge in [-0.15, -0.1) is 0 Å². The summed E-state index contributed by atoms with van der Waals surface area (Å²) in [7, 11) is 1.31. The summed E-state index contributed by atoms with van der Waals surface area (Å²) in [4.78, 5) is 39.0. The Morgan fingerprint density at radius 2 is 2.04 bits per heavy atom. The molecule has 154 valence electrons. The average molecular weight is 392 g/mol. The summed E-state index contributed by atoms with van der Waals surface area (Å²) in [5.41, 5.74) is 2.94. The largest absolute Gasteiger partial charge is 0.469 e. The Kier molecular flexibility index (Phi) is 7.01. The highest BCUT2D eigenvalue weighted by atomic mass is 16.5. The first-order valence-corrected chi connectivity index (χ1v) is 9.37. The highest BCUT2D eigenvalue weighted by molar-refractivity contribution is 5.91. The Hall–Kier alpha value is -2.61. The molecule has 1 aliphatic heterocycles. The summed E-state index contributed by atoms with van der Waals surface area (Å²) in [6.07, 6.45) is 1.47. The van der Waals surface area contributed by atoms with Crippen LogP contribution < -0.4 is 5.32 Å². The number of aliphatic hydroxyl groups excluding tert-OH is 1. The predicted octanol–water partition coefficient (Wildman–Crippen LogP) is 1.71. The second-order valence-electron chi connectivity index (χ2n) is 6.96. The van der Waals surface area contributed by atoms with Crippen molar-refractivity contribution in [1.82, 2.24) is 10.3 Å². The molecule has 0 aromatic carbocycles. The van der Waals surface area contributed by atoms with Gasteiger partial charge in [-0.05, 0) is 44.4 Å². The monoisotopic (exact) mass is 392 g/mol. The first-order chi connectivity index (χ1) is 13.2. The van der Waals surface area contributed by atoms with Gasteiger partial charge in [0.15, 0.2) is 0 Å². The number of nitrogens with one attached hydrogen (secondary N) is 2. The number of hydrogen-bond donors (Lipinski definition) is 3. The molecule has 2 heterocycles. The number of aromatic nitrogens is 1. The smallest absolute Gasteiger partial charge is 0.355 e. The summed E-state index contributed by atoms with van der Waals surface area (Å²) in [5, 5.41) is 12.9. The van der Waals surface area contributed by atoms with Crippen molar-refractivity contribution in [2.75, 3.05) is 13.7 Å². The van der Waals surface area contributed by atoms with Crippen molar-refractivity contribution in [3.8, 4) is 0 Å². The standard InChI is InChI=1S/C20H28N2O6/c1-6-28-20(26)18-13(7-8-16(24)27-5)10(2)14(21-18)9-15-17(12(4)23)11(3)19(25)22-15/h9,11-12,17,21,23H,6-8H2,1-5H3,(H,22,25)/t11-,12+,17?/m1/s1. The van der Waals surface area contributed by atoms with Crippen molar-refractivity contribution >= 4 is 23.9 Å². The van der Waals surface area contributed by atoms with Crippen LogP contribution in [0.1, 0.15) is 54.5 Å². The number of aromatic amines is 1. The third kappa shape index (κ3) is 4.44. The van der Waals surface area contributed by atoms with Crippen LogP contribution in [0.25, 0.3) is 6.08 Å². The van der Waals surface area contributed by atoms with Gasteiger partial charge in [-0.1, -0.05) is 6.92 Å². The van der Waals surface area contributed by atoms with Crippen LogP contribution >= 0.6 is 0 Å². The van der Waals surface area contributed by atoms with Crippen molar-refractivity contribution in [3.05, 3.63) is 28.2 Å². The SMILES string of the molecule is CCOC(=O)c1[nH]c(C=C2NC(=O)[C@H](C)C2[C@H](C)O)c(C)c1CCC(=O)OC. The van der Waals surface area contributed by atoms with Gasteiger partial charge in [0.05, 0.1) is 19.8 Å². The predicted molar refractivity (Wildman–Crippen MR) is 102 cm³/mol. The molecule has 1 aromatic rings. The van der Waals surface area contributed by atoms with Crippen LogP contribution in [-0.4, -0.2) is 47.8 Å². The lowest BCUT2D eigenvalue weighted by Gasteiger charge is -2.17. The zero-order chi connectivity index (χ0) is 21.0. The first kappa shape index (κ1) is 21.7. The first-order valence-electron chi connectivity index (χ1n) is 9.37. The van der Waals surface area contributed by atoms with Gasteiger partial charge in [-0.3, -0.25) is 9.59 Å². The molecular formula is C20H28N2O6. The number of methoxy groups -OCH3 is 1. The lowest BCUT2D eigenvalue weighted by atomic mass is 9.89. The number of H-pyrrole nitrogens is 1. The van der Waals surface area contributed by atoms with E-state index in [-0.39, 0.29) is 42.4 Å². The lowest BCUT2D eigenvalue weighted by molar-refractivity contribution is -0.140. The highest BCUT2D eigenvalue weighted by Crippen LogP contribution is 2.32. The fourth-order valence-electron chi connectivity index (χ4n) is 3.55. The molecule has 0 spiro atoms. The molecule has 8 heteroatoms. The zero-order valence-electron chi connectivity index (χ0n) is 16.9. The molecule has 1 aliphatic rings. The van der Waals surface area contributed by atoms with Gasteiger partial charge in [-0.2, -0.15) is 0 Å². The molecule has 1 amide bonds. The van der Waals surface area contributed by atoms with Gasteiger partial charge in [-0.25, -0.2) is 4.79 Å². The summed E-state index contributed by atoms with van der Waals surface area (Å²) in [6, 6.07) is 0. The van der Waals surface area contributed by atoms with E-state index in [4.69, 9.17) is 4.74 Å². The summed E-state index contributed by atoms with van der Waals surface area (Å²) < 4.78 is 9.80. The highest BCUT2D eigenvalue weighted by Gasteiger charge is 2.38. The number of amides is 1. The lowest BCUT2D eigenvalue weighted by Crippen LogP contribution is -2.22. The topological polar surface area (TPSA) is 118 Å². The van der Waals surface area contributed by atoms with Crippen molar-refractivity contribution in [1.29, 1.82) is 0 Å². The molecule has 0 bridgehead atoms. The number of carbonyl (C=O) groups is 3. The van der Waals surface area contributed by atoms with E-state index >= 15 is 0 Å². The number of esters is 2. The number of hydrogen-bond acceptors (Lipinski definition) is 6. The number of carbonyl (C=O) groups excluding carboxylic acids is 3. The van der Waals surface area contributed by atoms with E-state index in [1.54, 1.807) is 26.8 Å². The molecule has 3 atom stereocenters. The maximum atomic E-state index is 12.4. The van der Waals surface area contributed by atoms with E-state index in [1.165, 1.54) is 7.11 Å². The summed E-state index contributed by atoms with van der Waals surface area (Å²) >= 11 is 0. The Morgan fingerprint density at radius 1 is 1.36 bits per heavy atom. The Morgan fingerprint density at radius 3 is 2.61 bits per heavy atom. The maximum absolute atomic E-state index is 12.4. The van der Waals surface area contributed by atoms with Gasteiger partial charge in [0.25, 0.3) is 0 Å².